The van der Waals surface area contributed by atoms with Crippen molar-refractivity contribution in [3.63, 3.8) is 0 Å². The van der Waals surface area contributed by atoms with Crippen LogP contribution in [-0.4, -0.2) is 117 Å². The van der Waals surface area contributed by atoms with Crippen LogP contribution >= 0.6 is 0 Å². The minimum absolute atomic E-state index is 0.0920. The smallest absolute Gasteiger partial charge is 0.417 e. The van der Waals surface area contributed by atoms with Gasteiger partial charge in [-0.25, -0.2) is 0 Å². The summed E-state index contributed by atoms with van der Waals surface area (Å²) in [6.45, 7) is -1.57. The molecule has 69 heavy (non-hydrogen) atoms. The van der Waals surface area contributed by atoms with E-state index in [0.29, 0.717) is 13.8 Å². The fourth-order valence-corrected chi connectivity index (χ4v) is 7.35. The Morgan fingerprint density at radius 1 is 0.493 bits per heavy atom. The number of hydrogen-bond acceptors (Lipinski definition) is 8. The number of alkyl halides is 26. The van der Waals surface area contributed by atoms with Crippen molar-refractivity contribution in [2.24, 2.45) is 16.7 Å². The fourth-order valence-electron chi connectivity index (χ4n) is 7.35. The van der Waals surface area contributed by atoms with Crippen LogP contribution in [0.15, 0.2) is 0 Å². The zero-order valence-electron chi connectivity index (χ0n) is 35.7. The molecular formula is C35H38F26O8. The summed E-state index contributed by atoms with van der Waals surface area (Å²) in [7, 11) is 0. The highest BCUT2D eigenvalue weighted by Gasteiger charge is 2.98. The van der Waals surface area contributed by atoms with E-state index in [1.165, 1.54) is 0 Å². The zero-order valence-corrected chi connectivity index (χ0v) is 35.7. The average molecular weight is 1080 g/mol. The lowest BCUT2D eigenvalue weighted by Crippen LogP contribution is -2.88. The topological polar surface area (TPSA) is 112 Å². The molecule has 0 aromatic heterocycles. The van der Waals surface area contributed by atoms with Gasteiger partial charge in [-0.3, -0.25) is 9.59 Å². The van der Waals surface area contributed by atoms with E-state index in [2.05, 4.69) is 18.9 Å². The molecule has 2 N–H and O–H groups in total. The number of ether oxygens (including phenoxy) is 4. The van der Waals surface area contributed by atoms with Crippen LogP contribution in [0.4, 0.5) is 114 Å². The highest BCUT2D eigenvalue weighted by atomic mass is 19.4. The monoisotopic (exact) mass is 1080 g/mol. The van der Waals surface area contributed by atoms with Crippen LogP contribution in [0.25, 0.3) is 0 Å². The number of carbonyl (C=O) groups excluding carboxylic acids is 2. The first-order valence-electron chi connectivity index (χ1n) is 19.1. The summed E-state index contributed by atoms with van der Waals surface area (Å²) in [5.74, 6) is -47.6. The summed E-state index contributed by atoms with van der Waals surface area (Å²) in [5.41, 5.74) is -30.4. The predicted molar refractivity (Wildman–Crippen MR) is 172 cm³/mol. The number of halogens is 26. The van der Waals surface area contributed by atoms with Crippen molar-refractivity contribution in [3.8, 4) is 0 Å². The number of rotatable bonds is 7. The SMILES string of the molecule is CCC(C)(C(=O)OC1(C(F)(F)F)OC(C)(C(F)(F)F)C(F)(F)C(C)(O)C1(F)F)C(F)(F)F.CCC(C)(C(=O)OC1(C(F)(F)F)OC(C2CCCCC2)(C(F)(F)F)C(F)(F)C(C)(O)C1(F)F)C(F)(F)F. The first-order chi connectivity index (χ1) is 29.9. The Labute approximate surface area is 370 Å². The summed E-state index contributed by atoms with van der Waals surface area (Å²) >= 11 is 0. The normalized spacial score (nSPS) is 35.1. The lowest BCUT2D eigenvalue weighted by molar-refractivity contribution is -0.563. The van der Waals surface area contributed by atoms with Gasteiger partial charge in [-0.15, -0.1) is 0 Å². The Morgan fingerprint density at radius 2 is 0.797 bits per heavy atom. The Balaban J connectivity index is 0.000000479. The molecule has 8 nitrogen and oxygen atoms in total. The van der Waals surface area contributed by atoms with Crippen molar-refractivity contribution in [2.75, 3.05) is 0 Å². The number of esters is 2. The van der Waals surface area contributed by atoms with Crippen LogP contribution in [0.1, 0.15) is 93.4 Å². The lowest BCUT2D eigenvalue weighted by atomic mass is 9.64. The first kappa shape index (κ1) is 62.1. The van der Waals surface area contributed by atoms with Gasteiger partial charge in [0.15, 0.2) is 22.0 Å². The van der Waals surface area contributed by atoms with Crippen molar-refractivity contribution < 1.29 is 153 Å². The standard InChI is InChI=1S/C20H23F13O4.C15H15F13O4/c1-4-12(2,18(25,26)27)11(34)36-17(20(31,32)33)16(23,24)13(3,35)15(21,22)14(37-17,19(28,29)30)10-8-6-5-7-9-10;1-5-7(2,13(20,21)22)6(29)31-12(15(26,27)28)11(18,19)8(3,30)10(16,17)9(4,32-12)14(23,24)25/h10,35H,4-9H2,1-3H3;30H,5H2,1-4H3. The molecule has 2 saturated heterocycles. The minimum Gasteiger partial charge on any atom is -0.417 e. The van der Waals surface area contributed by atoms with Crippen molar-refractivity contribution in [3.05, 3.63) is 0 Å². The molecule has 3 rings (SSSR count). The lowest BCUT2D eigenvalue weighted by Gasteiger charge is -2.61. The van der Waals surface area contributed by atoms with Crippen LogP contribution in [0.3, 0.4) is 0 Å². The van der Waals surface area contributed by atoms with E-state index in [-0.39, 0.29) is 33.1 Å². The Bertz CT molecular complexity index is 1890. The van der Waals surface area contributed by atoms with Crippen molar-refractivity contribution in [1.82, 2.24) is 0 Å². The summed E-state index contributed by atoms with van der Waals surface area (Å²) in [5, 5.41) is 19.7. The molecule has 408 valence electrons. The van der Waals surface area contributed by atoms with Crippen LogP contribution in [-0.2, 0) is 28.5 Å². The van der Waals surface area contributed by atoms with Crippen molar-refractivity contribution >= 4 is 11.9 Å². The third-order valence-corrected chi connectivity index (χ3v) is 12.9. The zero-order chi connectivity index (χ0) is 55.5. The second kappa shape index (κ2) is 17.0. The number of carbonyl (C=O) groups is 2. The quantitative estimate of drug-likeness (QED) is 0.192. The predicted octanol–water partition coefficient (Wildman–Crippen LogP) is 11.8. The Kier molecular flexibility index (Phi) is 15.3. The Morgan fingerprint density at radius 3 is 1.06 bits per heavy atom. The summed E-state index contributed by atoms with van der Waals surface area (Å²) in [4.78, 5) is 24.3. The van der Waals surface area contributed by atoms with E-state index in [4.69, 9.17) is 0 Å². The molecule has 8 unspecified atom stereocenters. The molecule has 0 bridgehead atoms. The van der Waals surface area contributed by atoms with Gasteiger partial charge in [-0.05, 0) is 60.3 Å². The van der Waals surface area contributed by atoms with E-state index < -0.39 is 170 Å². The van der Waals surface area contributed by atoms with E-state index in [1.807, 2.05) is 0 Å². The van der Waals surface area contributed by atoms with Gasteiger partial charge in [0.05, 0.1) is 0 Å². The molecule has 3 aliphatic rings. The molecule has 2 heterocycles. The maximum atomic E-state index is 15.4. The summed E-state index contributed by atoms with van der Waals surface area (Å²) in [6, 6.07) is 0. The van der Waals surface area contributed by atoms with Gasteiger partial charge in [-0.1, -0.05) is 33.1 Å². The third-order valence-electron chi connectivity index (χ3n) is 12.9. The van der Waals surface area contributed by atoms with Gasteiger partial charge >= 0.3 is 84.3 Å². The summed E-state index contributed by atoms with van der Waals surface area (Å²) in [6.07, 6.45) is -44.2. The van der Waals surface area contributed by atoms with Crippen LogP contribution in [0.5, 0.6) is 0 Å². The van der Waals surface area contributed by atoms with Gasteiger partial charge in [-0.2, -0.15) is 114 Å². The Hall–Kier alpha value is -3.04. The van der Waals surface area contributed by atoms with Gasteiger partial charge in [0.2, 0.25) is 11.2 Å². The number of hydrogen-bond donors (Lipinski definition) is 2. The van der Waals surface area contributed by atoms with Gasteiger partial charge < -0.3 is 29.2 Å². The molecule has 1 aliphatic carbocycles. The third kappa shape index (κ3) is 8.22. The van der Waals surface area contributed by atoms with Crippen LogP contribution < -0.4 is 0 Å². The molecule has 0 aromatic carbocycles. The molecule has 34 heteroatoms. The second-order valence-corrected chi connectivity index (χ2v) is 17.1. The van der Waals surface area contributed by atoms with Crippen LogP contribution in [0, 0.1) is 16.7 Å². The van der Waals surface area contributed by atoms with Gasteiger partial charge in [0, 0.05) is 5.92 Å². The molecule has 2 aliphatic heterocycles. The second-order valence-electron chi connectivity index (χ2n) is 17.1. The molecule has 0 aromatic rings. The van der Waals surface area contributed by atoms with E-state index >= 15 is 17.6 Å². The fraction of sp³-hybridized carbons (Fsp3) is 0.943. The van der Waals surface area contributed by atoms with Gasteiger partial charge in [0.1, 0.15) is 0 Å². The number of aliphatic hydroxyl groups is 2. The van der Waals surface area contributed by atoms with Crippen LogP contribution in [0.2, 0.25) is 0 Å². The highest BCUT2D eigenvalue weighted by Crippen LogP contribution is 2.70. The molecular weight excluding hydrogens is 1040 g/mol. The highest BCUT2D eigenvalue weighted by molar-refractivity contribution is 5.78. The summed E-state index contributed by atoms with van der Waals surface area (Å²) < 4.78 is 379. The molecule has 0 amide bonds. The minimum atomic E-state index is -7.06. The maximum absolute atomic E-state index is 15.4. The molecule has 8 atom stereocenters. The van der Waals surface area contributed by atoms with E-state index in [0.717, 1.165) is 0 Å². The molecule has 1 saturated carbocycles. The molecule has 3 fully saturated rings. The largest absolute Gasteiger partial charge is 0.462 e. The molecule has 0 radical (unpaired) electrons. The van der Waals surface area contributed by atoms with E-state index in [9.17, 15) is 116 Å². The average Bonchev–Trinajstić information content (AvgIpc) is 3.14. The maximum Gasteiger partial charge on any atom is 0.462 e. The molecule has 0 spiro atoms. The van der Waals surface area contributed by atoms with Gasteiger partial charge in [0.25, 0.3) is 0 Å². The van der Waals surface area contributed by atoms with Crippen molar-refractivity contribution in [2.45, 2.75) is 188 Å². The first-order valence-corrected chi connectivity index (χ1v) is 19.1. The van der Waals surface area contributed by atoms with E-state index in [1.54, 1.807) is 0 Å². The van der Waals surface area contributed by atoms with Crippen molar-refractivity contribution in [1.29, 1.82) is 0 Å².